The molecule has 2 heterocycles. The first-order valence-electron chi connectivity index (χ1n) is 6.56. The van der Waals surface area contributed by atoms with Crippen LogP contribution in [0.15, 0.2) is 6.07 Å². The molecule has 0 aromatic carbocycles. The number of aryl methyl sites for hydroxylation is 2. The number of carbonyl (C=O) groups excluding carboxylic acids is 1. The summed E-state index contributed by atoms with van der Waals surface area (Å²) in [6, 6.07) is 1.73. The molecule has 0 aliphatic carbocycles. The van der Waals surface area contributed by atoms with Crippen LogP contribution < -0.4 is 10.2 Å². The van der Waals surface area contributed by atoms with E-state index in [1.165, 1.54) is 0 Å². The zero-order valence-electron chi connectivity index (χ0n) is 11.6. The van der Waals surface area contributed by atoms with Gasteiger partial charge in [-0.1, -0.05) is 0 Å². The minimum absolute atomic E-state index is 0.164. The Morgan fingerprint density at radius 1 is 1.40 bits per heavy atom. The number of hydrogen-bond donors (Lipinski definition) is 2. The first kappa shape index (κ1) is 14.2. The third kappa shape index (κ3) is 3.43. The monoisotopic (exact) mass is 278 g/mol. The Morgan fingerprint density at radius 3 is 2.80 bits per heavy atom. The molecule has 1 saturated heterocycles. The van der Waals surface area contributed by atoms with E-state index in [1.54, 1.807) is 0 Å². The van der Waals surface area contributed by atoms with Crippen LogP contribution in [0.3, 0.4) is 0 Å². The van der Waals surface area contributed by atoms with Gasteiger partial charge in [0.15, 0.2) is 0 Å². The fraction of sp³-hybridized carbons (Fsp3) is 0.538. The zero-order valence-corrected chi connectivity index (χ0v) is 11.6. The molecule has 1 aliphatic heterocycles. The molecule has 0 radical (unpaired) electrons. The number of carboxylic acids is 1. The van der Waals surface area contributed by atoms with E-state index in [2.05, 4.69) is 20.2 Å². The number of amides is 1. The van der Waals surface area contributed by atoms with E-state index >= 15 is 0 Å². The van der Waals surface area contributed by atoms with Crippen LogP contribution in [0.25, 0.3) is 0 Å². The molecule has 0 spiro atoms. The molecule has 0 saturated carbocycles. The minimum Gasteiger partial charge on any atom is -0.474 e. The van der Waals surface area contributed by atoms with E-state index in [0.717, 1.165) is 30.9 Å². The molecule has 1 atom stereocenters. The Kier molecular flexibility index (Phi) is 4.16. The predicted molar refractivity (Wildman–Crippen MR) is 72.5 cm³/mol. The van der Waals surface area contributed by atoms with Crippen LogP contribution in [0, 0.1) is 13.8 Å². The maximum absolute atomic E-state index is 11.2. The van der Waals surface area contributed by atoms with Gasteiger partial charge in [-0.05, 0) is 26.7 Å². The summed E-state index contributed by atoms with van der Waals surface area (Å²) >= 11 is 0. The van der Waals surface area contributed by atoms with Gasteiger partial charge in [0.05, 0.1) is 0 Å². The lowest BCUT2D eigenvalue weighted by Gasteiger charge is -2.33. The highest BCUT2D eigenvalue weighted by molar-refractivity contribution is 6.31. The molecule has 1 aliphatic rings. The fourth-order valence-electron chi connectivity index (χ4n) is 2.41. The second-order valence-electron chi connectivity index (χ2n) is 4.98. The first-order valence-corrected chi connectivity index (χ1v) is 6.56. The molecule has 2 N–H and O–H groups in total. The number of aliphatic carboxylic acids is 1. The van der Waals surface area contributed by atoms with Crippen LogP contribution >= 0.6 is 0 Å². The van der Waals surface area contributed by atoms with Gasteiger partial charge >= 0.3 is 11.9 Å². The second kappa shape index (κ2) is 5.85. The van der Waals surface area contributed by atoms with Crippen LogP contribution in [-0.4, -0.2) is 46.1 Å². The molecule has 7 nitrogen and oxygen atoms in total. The van der Waals surface area contributed by atoms with Gasteiger partial charge in [0.2, 0.25) is 0 Å². The van der Waals surface area contributed by atoms with Crippen molar-refractivity contribution in [1.29, 1.82) is 0 Å². The van der Waals surface area contributed by atoms with Crippen LogP contribution in [-0.2, 0) is 9.59 Å². The molecule has 0 bridgehead atoms. The highest BCUT2D eigenvalue weighted by Crippen LogP contribution is 2.18. The summed E-state index contributed by atoms with van der Waals surface area (Å²) in [6.45, 7) is 5.15. The molecule has 1 unspecified atom stereocenters. The summed E-state index contributed by atoms with van der Waals surface area (Å²) in [7, 11) is 0. The van der Waals surface area contributed by atoms with Gasteiger partial charge in [-0.15, -0.1) is 0 Å². The second-order valence-corrected chi connectivity index (χ2v) is 4.98. The summed E-state index contributed by atoms with van der Waals surface area (Å²) in [5.74, 6) is -0.872. The summed E-state index contributed by atoms with van der Waals surface area (Å²) < 4.78 is 0. The van der Waals surface area contributed by atoms with Crippen molar-refractivity contribution in [3.63, 3.8) is 0 Å². The Hall–Kier alpha value is -2.18. The molecule has 2 rings (SSSR count). The fourth-order valence-corrected chi connectivity index (χ4v) is 2.41. The number of nitrogens with zero attached hydrogens (tertiary/aromatic N) is 3. The van der Waals surface area contributed by atoms with Crippen molar-refractivity contribution in [3.8, 4) is 0 Å². The predicted octanol–water partition coefficient (Wildman–Crippen LogP) is 0.263. The number of carboxylic acid groups (broad SMARTS) is 1. The molecule has 1 aromatic rings. The minimum atomic E-state index is -1.45. The standard InChI is InChI=1S/C13H18N4O3/c1-8-6-11(15-9(2)14-8)17-5-3-4-10(7-17)16-12(18)13(19)20/h6,10H,3-5,7H2,1-2H3,(H,16,18)(H,19,20). The number of rotatable bonds is 2. The van der Waals surface area contributed by atoms with Crippen molar-refractivity contribution in [2.24, 2.45) is 0 Å². The Balaban J connectivity index is 2.06. The molecule has 108 valence electrons. The summed E-state index contributed by atoms with van der Waals surface area (Å²) in [5.41, 5.74) is 0.893. The SMILES string of the molecule is Cc1cc(N2CCCC(NC(=O)C(=O)O)C2)nc(C)n1. The summed E-state index contributed by atoms with van der Waals surface area (Å²) in [5, 5.41) is 11.1. The van der Waals surface area contributed by atoms with E-state index in [4.69, 9.17) is 5.11 Å². The Morgan fingerprint density at radius 2 is 2.15 bits per heavy atom. The van der Waals surface area contributed by atoms with Crippen molar-refractivity contribution in [2.45, 2.75) is 32.7 Å². The van der Waals surface area contributed by atoms with Gasteiger partial charge in [-0.25, -0.2) is 14.8 Å². The largest absolute Gasteiger partial charge is 0.474 e. The van der Waals surface area contributed by atoms with Crippen LogP contribution in [0.1, 0.15) is 24.4 Å². The maximum atomic E-state index is 11.2. The third-order valence-electron chi connectivity index (χ3n) is 3.23. The van der Waals surface area contributed by atoms with Crippen molar-refractivity contribution in [1.82, 2.24) is 15.3 Å². The van der Waals surface area contributed by atoms with Crippen LogP contribution in [0.4, 0.5) is 5.82 Å². The van der Waals surface area contributed by atoms with E-state index in [-0.39, 0.29) is 6.04 Å². The van der Waals surface area contributed by atoms with Gasteiger partial charge in [-0.3, -0.25) is 4.79 Å². The van der Waals surface area contributed by atoms with Gasteiger partial charge in [0.25, 0.3) is 0 Å². The van der Waals surface area contributed by atoms with Crippen molar-refractivity contribution in [3.05, 3.63) is 17.6 Å². The van der Waals surface area contributed by atoms with Gasteiger partial charge in [-0.2, -0.15) is 0 Å². The lowest BCUT2D eigenvalue weighted by molar-refractivity contribution is -0.150. The molecule has 1 fully saturated rings. The molecule has 7 heteroatoms. The zero-order chi connectivity index (χ0) is 14.7. The van der Waals surface area contributed by atoms with Crippen LogP contribution in [0.2, 0.25) is 0 Å². The highest BCUT2D eigenvalue weighted by atomic mass is 16.4. The van der Waals surface area contributed by atoms with Crippen molar-refractivity contribution < 1.29 is 14.7 Å². The number of hydrogen-bond acceptors (Lipinski definition) is 5. The number of aromatic nitrogens is 2. The quantitative estimate of drug-likeness (QED) is 0.754. The summed E-state index contributed by atoms with van der Waals surface area (Å²) in [4.78, 5) is 32.5. The van der Waals surface area contributed by atoms with Gasteiger partial charge in [0.1, 0.15) is 11.6 Å². The average molecular weight is 278 g/mol. The summed E-state index contributed by atoms with van der Waals surface area (Å²) in [6.07, 6.45) is 1.66. The van der Waals surface area contributed by atoms with Crippen molar-refractivity contribution in [2.75, 3.05) is 18.0 Å². The molecular formula is C13H18N4O3. The smallest absolute Gasteiger partial charge is 0.394 e. The first-order chi connectivity index (χ1) is 9.45. The topological polar surface area (TPSA) is 95.4 Å². The average Bonchev–Trinajstić information content (AvgIpc) is 2.37. The van der Waals surface area contributed by atoms with E-state index in [1.807, 2.05) is 19.9 Å². The highest BCUT2D eigenvalue weighted by Gasteiger charge is 2.24. The van der Waals surface area contributed by atoms with E-state index in [9.17, 15) is 9.59 Å². The molecular weight excluding hydrogens is 260 g/mol. The normalized spacial score (nSPS) is 18.7. The molecule has 1 amide bonds. The Bertz CT molecular complexity index is 512. The molecule has 20 heavy (non-hydrogen) atoms. The maximum Gasteiger partial charge on any atom is 0.394 e. The van der Waals surface area contributed by atoms with E-state index < -0.39 is 11.9 Å². The van der Waals surface area contributed by atoms with E-state index in [0.29, 0.717) is 12.4 Å². The molecule has 1 aromatic heterocycles. The van der Waals surface area contributed by atoms with Gasteiger partial charge in [0, 0.05) is 30.9 Å². The number of anilines is 1. The number of piperidine rings is 1. The van der Waals surface area contributed by atoms with Gasteiger partial charge < -0.3 is 15.3 Å². The third-order valence-corrected chi connectivity index (χ3v) is 3.23. The lowest BCUT2D eigenvalue weighted by atomic mass is 10.1. The van der Waals surface area contributed by atoms with Crippen molar-refractivity contribution >= 4 is 17.7 Å². The number of carbonyl (C=O) groups is 2. The lowest BCUT2D eigenvalue weighted by Crippen LogP contribution is -2.49. The van der Waals surface area contributed by atoms with Crippen LogP contribution in [0.5, 0.6) is 0 Å². The number of nitrogens with one attached hydrogen (secondary N) is 1. The Labute approximate surface area is 117 Å².